The summed E-state index contributed by atoms with van der Waals surface area (Å²) in [4.78, 5) is 12.8. The molecule has 0 aliphatic heterocycles. The van der Waals surface area contributed by atoms with Crippen molar-refractivity contribution in [3.63, 3.8) is 0 Å². The minimum atomic E-state index is -0.366. The van der Waals surface area contributed by atoms with Gasteiger partial charge in [-0.05, 0) is 43.0 Å². The van der Waals surface area contributed by atoms with Crippen molar-refractivity contribution in [2.24, 2.45) is 0 Å². The van der Waals surface area contributed by atoms with Crippen molar-refractivity contribution in [2.75, 3.05) is 7.11 Å². The van der Waals surface area contributed by atoms with Crippen molar-refractivity contribution in [3.8, 4) is 23.0 Å². The Morgan fingerprint density at radius 2 is 1.84 bits per heavy atom. The molecule has 0 aliphatic rings. The molecule has 2 aromatic carbocycles. The topological polar surface area (TPSA) is 87.0 Å². The van der Waals surface area contributed by atoms with Crippen LogP contribution < -0.4 is 4.74 Å². The van der Waals surface area contributed by atoms with Gasteiger partial charge in [0.25, 0.3) is 0 Å². The molecule has 31 heavy (non-hydrogen) atoms. The number of hydrogen-bond acceptors (Lipinski definition) is 5. The van der Waals surface area contributed by atoms with Gasteiger partial charge in [0.1, 0.15) is 28.6 Å². The lowest BCUT2D eigenvalue weighted by molar-refractivity contribution is 0.0977. The zero-order valence-corrected chi connectivity index (χ0v) is 17.8. The number of benzene rings is 2. The Morgan fingerprint density at radius 3 is 2.45 bits per heavy atom. The third-order valence-corrected chi connectivity index (χ3v) is 4.77. The van der Waals surface area contributed by atoms with E-state index in [9.17, 15) is 20.1 Å². The zero-order chi connectivity index (χ0) is 22.8. The van der Waals surface area contributed by atoms with Crippen LogP contribution in [0.15, 0.2) is 72.9 Å². The number of aromatic hydroxyl groups is 3. The van der Waals surface area contributed by atoms with Gasteiger partial charge in [-0.25, -0.2) is 0 Å². The molecule has 2 aromatic rings. The maximum atomic E-state index is 12.8. The Hall–Kier alpha value is -3.73. The van der Waals surface area contributed by atoms with E-state index in [-0.39, 0.29) is 41.4 Å². The fourth-order valence-electron chi connectivity index (χ4n) is 3.08. The van der Waals surface area contributed by atoms with Crippen LogP contribution in [-0.2, 0) is 6.42 Å². The minimum absolute atomic E-state index is 0.108. The second kappa shape index (κ2) is 11.5. The number of phenols is 3. The average Bonchev–Trinajstić information content (AvgIpc) is 2.76. The summed E-state index contributed by atoms with van der Waals surface area (Å²) in [5, 5.41) is 30.5. The normalized spacial score (nSPS) is 11.9. The van der Waals surface area contributed by atoms with E-state index in [1.807, 2.05) is 37.3 Å². The van der Waals surface area contributed by atoms with Crippen molar-refractivity contribution in [1.82, 2.24) is 0 Å². The van der Waals surface area contributed by atoms with Gasteiger partial charge in [0, 0.05) is 18.1 Å². The number of Topliss-reactive ketones (excluding diaryl/α,β-unsaturated/α-hetero) is 1. The molecule has 0 unspecified atom stereocenters. The molecule has 0 amide bonds. The first-order valence-electron chi connectivity index (χ1n) is 9.96. The van der Waals surface area contributed by atoms with E-state index in [2.05, 4.69) is 6.58 Å². The molecule has 0 aromatic heterocycles. The molecule has 0 fully saturated rings. The van der Waals surface area contributed by atoms with Crippen LogP contribution in [0.3, 0.4) is 0 Å². The first kappa shape index (κ1) is 23.5. The fraction of sp³-hybridized carbons (Fsp3) is 0.192. The number of carbonyl (C=O) groups is 1. The van der Waals surface area contributed by atoms with E-state index in [1.165, 1.54) is 13.2 Å². The molecule has 162 valence electrons. The summed E-state index contributed by atoms with van der Waals surface area (Å²) in [6, 6.07) is 8.02. The molecule has 5 nitrogen and oxygen atoms in total. The predicted octanol–water partition coefficient (Wildman–Crippen LogP) is 5.72. The molecule has 0 aliphatic carbocycles. The number of ketones is 1. The number of hydrogen-bond donors (Lipinski definition) is 3. The van der Waals surface area contributed by atoms with Crippen molar-refractivity contribution < 1.29 is 24.9 Å². The average molecular weight is 421 g/mol. The van der Waals surface area contributed by atoms with Gasteiger partial charge in [0.05, 0.1) is 7.11 Å². The molecule has 0 bridgehead atoms. The van der Waals surface area contributed by atoms with Crippen LogP contribution in [0, 0.1) is 0 Å². The van der Waals surface area contributed by atoms with Gasteiger partial charge in [-0.15, -0.1) is 0 Å². The first-order chi connectivity index (χ1) is 14.9. The van der Waals surface area contributed by atoms with E-state index in [1.54, 1.807) is 30.3 Å². The van der Waals surface area contributed by atoms with Crippen LogP contribution in [0.5, 0.6) is 23.0 Å². The molecule has 0 spiro atoms. The smallest absolute Gasteiger partial charge is 0.170 e. The summed E-state index contributed by atoms with van der Waals surface area (Å²) in [5.74, 6) is -0.493. The highest BCUT2D eigenvalue weighted by atomic mass is 16.5. The second-order valence-electron chi connectivity index (χ2n) is 6.89. The lowest BCUT2D eigenvalue weighted by Gasteiger charge is -2.14. The summed E-state index contributed by atoms with van der Waals surface area (Å²) < 4.78 is 5.29. The van der Waals surface area contributed by atoms with Crippen molar-refractivity contribution >= 4 is 11.9 Å². The van der Waals surface area contributed by atoms with Crippen LogP contribution in [0.4, 0.5) is 0 Å². The van der Waals surface area contributed by atoms with Gasteiger partial charge in [-0.1, -0.05) is 55.2 Å². The van der Waals surface area contributed by atoms with E-state index >= 15 is 0 Å². The first-order valence-corrected chi connectivity index (χ1v) is 9.96. The number of carbonyl (C=O) groups excluding carboxylic acids is 1. The molecular formula is C26H28O5. The zero-order valence-electron chi connectivity index (χ0n) is 17.8. The van der Waals surface area contributed by atoms with Gasteiger partial charge in [-0.3, -0.25) is 4.79 Å². The highest BCUT2D eigenvalue weighted by Gasteiger charge is 2.22. The summed E-state index contributed by atoms with van der Waals surface area (Å²) in [6.07, 6.45) is 11.8. The van der Waals surface area contributed by atoms with Crippen LogP contribution >= 0.6 is 0 Å². The quantitative estimate of drug-likeness (QED) is 0.338. The molecule has 5 heteroatoms. The van der Waals surface area contributed by atoms with Crippen molar-refractivity contribution in [1.29, 1.82) is 0 Å². The van der Waals surface area contributed by atoms with E-state index in [0.717, 1.165) is 11.1 Å². The molecule has 3 N–H and O–H groups in total. The van der Waals surface area contributed by atoms with Crippen molar-refractivity contribution in [2.45, 2.75) is 26.2 Å². The highest BCUT2D eigenvalue weighted by Crippen LogP contribution is 2.39. The molecule has 0 atom stereocenters. The maximum absolute atomic E-state index is 12.8. The molecule has 0 heterocycles. The second-order valence-corrected chi connectivity index (χ2v) is 6.89. The summed E-state index contributed by atoms with van der Waals surface area (Å²) in [5.41, 5.74) is 2.06. The highest BCUT2D eigenvalue weighted by molar-refractivity contribution is 6.02. The Bertz CT molecular complexity index is 1010. The summed E-state index contributed by atoms with van der Waals surface area (Å²) >= 11 is 0. The van der Waals surface area contributed by atoms with Gasteiger partial charge in [-0.2, -0.15) is 0 Å². The van der Waals surface area contributed by atoms with Gasteiger partial charge in [0.2, 0.25) is 0 Å². The SMILES string of the molecule is C=C/C(=C\C=C\C)CCC(=O)c1c(O)cc(OC)c(C/C=C/c2ccc(O)cc2)c1O. The van der Waals surface area contributed by atoms with Crippen LogP contribution in [0.1, 0.15) is 41.3 Å². The largest absolute Gasteiger partial charge is 0.508 e. The van der Waals surface area contributed by atoms with Gasteiger partial charge < -0.3 is 20.1 Å². The van der Waals surface area contributed by atoms with E-state index in [0.29, 0.717) is 17.7 Å². The predicted molar refractivity (Wildman–Crippen MR) is 124 cm³/mol. The Labute approximate surface area is 182 Å². The van der Waals surface area contributed by atoms with Crippen LogP contribution in [0.2, 0.25) is 0 Å². The standard InChI is InChI=1S/C26H28O5/c1-4-6-8-18(5-2)13-16-22(28)25-23(29)17-24(31-3)21(26(25)30)10-7-9-19-11-14-20(27)15-12-19/h4-9,11-12,14-15,17,27,29-30H,2,10,13,16H2,1,3H3/b6-4+,9-7+,18-8+. The van der Waals surface area contributed by atoms with E-state index in [4.69, 9.17) is 4.74 Å². The van der Waals surface area contributed by atoms with E-state index < -0.39 is 0 Å². The number of rotatable bonds is 10. The third kappa shape index (κ3) is 6.37. The lowest BCUT2D eigenvalue weighted by Crippen LogP contribution is -2.04. The Balaban J connectivity index is 2.27. The van der Waals surface area contributed by atoms with Crippen LogP contribution in [0.25, 0.3) is 6.08 Å². The summed E-state index contributed by atoms with van der Waals surface area (Å²) in [6.45, 7) is 5.65. The third-order valence-electron chi connectivity index (χ3n) is 4.77. The van der Waals surface area contributed by atoms with Crippen LogP contribution in [-0.4, -0.2) is 28.2 Å². The molecular weight excluding hydrogens is 392 g/mol. The number of methoxy groups -OCH3 is 1. The lowest BCUT2D eigenvalue weighted by atomic mass is 9.96. The Kier molecular flexibility index (Phi) is 8.70. The van der Waals surface area contributed by atoms with Gasteiger partial charge >= 0.3 is 0 Å². The molecule has 2 rings (SSSR count). The number of phenolic OH excluding ortho intramolecular Hbond substituents is 3. The van der Waals surface area contributed by atoms with Gasteiger partial charge in [0.15, 0.2) is 5.78 Å². The monoisotopic (exact) mass is 420 g/mol. The number of ether oxygens (including phenoxy) is 1. The molecule has 0 saturated heterocycles. The Morgan fingerprint density at radius 1 is 1.13 bits per heavy atom. The van der Waals surface area contributed by atoms with Crippen molar-refractivity contribution in [3.05, 3.63) is 89.6 Å². The molecule has 0 saturated carbocycles. The molecule has 0 radical (unpaired) electrons. The number of allylic oxidation sites excluding steroid dienone is 6. The minimum Gasteiger partial charge on any atom is -0.508 e. The summed E-state index contributed by atoms with van der Waals surface area (Å²) in [7, 11) is 1.44. The fourth-order valence-corrected chi connectivity index (χ4v) is 3.08. The maximum Gasteiger partial charge on any atom is 0.170 e.